The summed E-state index contributed by atoms with van der Waals surface area (Å²) in [5.74, 6) is 0.121. The molecule has 4 heteroatoms. The molecule has 1 aliphatic rings. The maximum absolute atomic E-state index is 12.2. The van der Waals surface area contributed by atoms with Crippen LogP contribution in [0.1, 0.15) is 19.4 Å². The minimum Gasteiger partial charge on any atom is -0.314 e. The summed E-state index contributed by atoms with van der Waals surface area (Å²) in [5.41, 5.74) is 2.41. The van der Waals surface area contributed by atoms with Gasteiger partial charge in [-0.15, -0.1) is 0 Å². The van der Waals surface area contributed by atoms with E-state index in [-0.39, 0.29) is 5.91 Å². The van der Waals surface area contributed by atoms with Crippen LogP contribution in [0, 0.1) is 0 Å². The largest absolute Gasteiger partial charge is 0.314 e. The Hall–Kier alpha value is -1.97. The summed E-state index contributed by atoms with van der Waals surface area (Å²) in [5, 5.41) is 0.974. The summed E-state index contributed by atoms with van der Waals surface area (Å²) in [7, 11) is 1.81. The van der Waals surface area contributed by atoms with Gasteiger partial charge in [-0.2, -0.15) is 0 Å². The van der Waals surface area contributed by atoms with Crippen molar-refractivity contribution in [2.24, 2.45) is 0 Å². The normalized spacial score (nSPS) is 17.6. The molecule has 1 aromatic carbocycles. The van der Waals surface area contributed by atoms with Gasteiger partial charge in [-0.05, 0) is 31.5 Å². The van der Waals surface area contributed by atoms with Crippen molar-refractivity contribution >= 4 is 22.5 Å². The van der Waals surface area contributed by atoms with Gasteiger partial charge in [0.25, 0.3) is 0 Å². The zero-order chi connectivity index (χ0) is 12.2. The molecule has 0 N–H and O–H groups in total. The third-order valence-corrected chi connectivity index (χ3v) is 3.50. The Morgan fingerprint density at radius 2 is 2.06 bits per heavy atom. The average Bonchev–Trinajstić information content (AvgIpc) is 2.49. The first-order valence-corrected chi connectivity index (χ1v) is 5.54. The number of hydrogen-bond acceptors (Lipinski definition) is 3. The summed E-state index contributed by atoms with van der Waals surface area (Å²) in [6.07, 6.45) is 3.30. The van der Waals surface area contributed by atoms with Gasteiger partial charge in [0, 0.05) is 24.3 Å². The quantitative estimate of drug-likeness (QED) is 0.690. The summed E-state index contributed by atoms with van der Waals surface area (Å²) in [4.78, 5) is 22.1. The molecule has 2 heterocycles. The third kappa shape index (κ3) is 1.21. The molecule has 86 valence electrons. The van der Waals surface area contributed by atoms with Crippen LogP contribution in [0.5, 0.6) is 0 Å². The van der Waals surface area contributed by atoms with Crippen molar-refractivity contribution in [1.82, 2.24) is 9.97 Å². The van der Waals surface area contributed by atoms with E-state index in [4.69, 9.17) is 0 Å². The maximum Gasteiger partial charge on any atom is 0.236 e. The van der Waals surface area contributed by atoms with E-state index in [0.29, 0.717) is 0 Å². The predicted octanol–water partition coefficient (Wildman–Crippen LogP) is 1.88. The van der Waals surface area contributed by atoms with Gasteiger partial charge in [0.05, 0.1) is 10.9 Å². The third-order valence-electron chi connectivity index (χ3n) is 3.50. The van der Waals surface area contributed by atoms with Crippen LogP contribution in [-0.2, 0) is 10.2 Å². The summed E-state index contributed by atoms with van der Waals surface area (Å²) >= 11 is 0. The van der Waals surface area contributed by atoms with Gasteiger partial charge in [-0.25, -0.2) is 9.97 Å². The Labute approximate surface area is 99.3 Å². The van der Waals surface area contributed by atoms with Crippen LogP contribution in [-0.4, -0.2) is 22.9 Å². The van der Waals surface area contributed by atoms with E-state index < -0.39 is 5.41 Å². The number of rotatable bonds is 0. The highest BCUT2D eigenvalue weighted by Crippen LogP contribution is 2.42. The fourth-order valence-corrected chi connectivity index (χ4v) is 2.44. The van der Waals surface area contributed by atoms with Gasteiger partial charge < -0.3 is 4.90 Å². The molecule has 0 atom stereocenters. The molecular weight excluding hydrogens is 214 g/mol. The molecule has 0 unspecified atom stereocenters. The molecule has 0 aliphatic carbocycles. The Bertz CT molecular complexity index is 634. The minimum atomic E-state index is -0.464. The molecular formula is C13H13N3O. The van der Waals surface area contributed by atoms with Gasteiger partial charge in [-0.1, -0.05) is 0 Å². The SMILES string of the molecule is CN1C(=O)C(C)(C)c2cc3cncnc3cc21. The standard InChI is InChI=1S/C13H13N3O/c1-13(2)9-4-8-6-14-7-15-10(8)5-11(9)16(3)12(13)17/h4-7H,1-3H3. The van der Waals surface area contributed by atoms with E-state index in [1.807, 2.05) is 33.0 Å². The van der Waals surface area contributed by atoms with E-state index in [1.165, 1.54) is 6.33 Å². The van der Waals surface area contributed by atoms with E-state index in [9.17, 15) is 4.79 Å². The molecule has 0 radical (unpaired) electrons. The second kappa shape index (κ2) is 3.03. The van der Waals surface area contributed by atoms with Gasteiger partial charge in [0.15, 0.2) is 0 Å². The highest BCUT2D eigenvalue weighted by molar-refractivity contribution is 6.09. The van der Waals surface area contributed by atoms with Gasteiger partial charge in [0.2, 0.25) is 5.91 Å². The second-order valence-corrected chi connectivity index (χ2v) is 4.94. The van der Waals surface area contributed by atoms with Gasteiger partial charge in [-0.3, -0.25) is 4.79 Å². The van der Waals surface area contributed by atoms with Crippen LogP contribution in [0.25, 0.3) is 10.9 Å². The maximum atomic E-state index is 12.2. The monoisotopic (exact) mass is 227 g/mol. The lowest BCUT2D eigenvalue weighted by atomic mass is 9.85. The molecule has 0 spiro atoms. The van der Waals surface area contributed by atoms with Crippen LogP contribution in [0.4, 0.5) is 5.69 Å². The van der Waals surface area contributed by atoms with E-state index >= 15 is 0 Å². The van der Waals surface area contributed by atoms with Crippen molar-refractivity contribution in [3.63, 3.8) is 0 Å². The molecule has 0 saturated heterocycles. The van der Waals surface area contributed by atoms with E-state index in [2.05, 4.69) is 9.97 Å². The molecule has 1 aliphatic heterocycles. The second-order valence-electron chi connectivity index (χ2n) is 4.94. The zero-order valence-corrected chi connectivity index (χ0v) is 10.1. The molecule has 0 saturated carbocycles. The smallest absolute Gasteiger partial charge is 0.236 e. The Balaban J connectivity index is 2.37. The van der Waals surface area contributed by atoms with Crippen molar-refractivity contribution in [3.05, 3.63) is 30.2 Å². The van der Waals surface area contributed by atoms with Crippen molar-refractivity contribution in [2.45, 2.75) is 19.3 Å². The van der Waals surface area contributed by atoms with E-state index in [0.717, 1.165) is 22.2 Å². The van der Waals surface area contributed by atoms with Crippen molar-refractivity contribution in [2.75, 3.05) is 11.9 Å². The van der Waals surface area contributed by atoms with E-state index in [1.54, 1.807) is 11.1 Å². The number of amides is 1. The number of fused-ring (bicyclic) bond motifs is 2. The van der Waals surface area contributed by atoms with Crippen molar-refractivity contribution < 1.29 is 4.79 Å². The zero-order valence-electron chi connectivity index (χ0n) is 10.1. The fraction of sp³-hybridized carbons (Fsp3) is 0.308. The first-order valence-electron chi connectivity index (χ1n) is 5.54. The van der Waals surface area contributed by atoms with Crippen LogP contribution >= 0.6 is 0 Å². The molecule has 17 heavy (non-hydrogen) atoms. The number of carbonyl (C=O) groups excluding carboxylic acids is 1. The Kier molecular flexibility index (Phi) is 1.82. The van der Waals surface area contributed by atoms with Gasteiger partial charge in [0.1, 0.15) is 6.33 Å². The number of anilines is 1. The topological polar surface area (TPSA) is 46.1 Å². The lowest BCUT2D eigenvalue weighted by Crippen LogP contribution is -2.33. The van der Waals surface area contributed by atoms with Crippen LogP contribution in [0.15, 0.2) is 24.7 Å². The van der Waals surface area contributed by atoms with Gasteiger partial charge >= 0.3 is 0 Å². The predicted molar refractivity (Wildman–Crippen MR) is 66.0 cm³/mol. The number of benzene rings is 1. The number of likely N-dealkylation sites (N-methyl/N-ethyl adjacent to an activating group) is 1. The van der Waals surface area contributed by atoms with Crippen molar-refractivity contribution in [1.29, 1.82) is 0 Å². The highest BCUT2D eigenvalue weighted by atomic mass is 16.2. The molecule has 2 aromatic rings. The molecule has 4 nitrogen and oxygen atoms in total. The number of hydrogen-bond donors (Lipinski definition) is 0. The lowest BCUT2D eigenvalue weighted by Gasteiger charge is -2.16. The van der Waals surface area contributed by atoms with Crippen molar-refractivity contribution in [3.8, 4) is 0 Å². The highest BCUT2D eigenvalue weighted by Gasteiger charge is 2.42. The lowest BCUT2D eigenvalue weighted by molar-refractivity contribution is -0.121. The summed E-state index contributed by atoms with van der Waals surface area (Å²) in [6, 6.07) is 3.98. The molecule has 3 rings (SSSR count). The number of aromatic nitrogens is 2. The molecule has 0 fully saturated rings. The Morgan fingerprint density at radius 3 is 2.82 bits per heavy atom. The first kappa shape index (κ1) is 10.2. The number of carbonyl (C=O) groups is 1. The minimum absolute atomic E-state index is 0.121. The number of nitrogens with zero attached hydrogens (tertiary/aromatic N) is 3. The Morgan fingerprint density at radius 1 is 1.29 bits per heavy atom. The van der Waals surface area contributed by atoms with Crippen LogP contribution in [0.2, 0.25) is 0 Å². The molecule has 1 amide bonds. The van der Waals surface area contributed by atoms with Crippen LogP contribution in [0.3, 0.4) is 0 Å². The summed E-state index contributed by atoms with van der Waals surface area (Å²) < 4.78 is 0. The van der Waals surface area contributed by atoms with Crippen LogP contribution < -0.4 is 4.90 Å². The molecule has 1 aromatic heterocycles. The fourth-order valence-electron chi connectivity index (χ4n) is 2.44. The molecule has 0 bridgehead atoms. The average molecular weight is 227 g/mol. The summed E-state index contributed by atoms with van der Waals surface area (Å²) in [6.45, 7) is 3.90. The first-order chi connectivity index (χ1) is 8.01.